The molecule has 0 N–H and O–H groups in total. The number of hydrogen-bond acceptors (Lipinski definition) is 3. The van der Waals surface area contributed by atoms with Gasteiger partial charge in [-0.25, -0.2) is 0 Å². The normalized spacial score (nSPS) is 23.4. The van der Waals surface area contributed by atoms with Gasteiger partial charge in [-0.1, -0.05) is 19.1 Å². The molecule has 1 aromatic rings. The SMILES string of the molecule is CCc1ccc(B2OC(C)(C)C(C)(C)O2)c(OC2CC2)c1. The highest BCUT2D eigenvalue weighted by Gasteiger charge is 2.52. The largest absolute Gasteiger partial charge is 0.498 e. The van der Waals surface area contributed by atoms with Crippen LogP contribution < -0.4 is 10.2 Å². The first kappa shape index (κ1) is 14.9. The molecule has 0 amide bonds. The fourth-order valence-electron chi connectivity index (χ4n) is 2.43. The van der Waals surface area contributed by atoms with Crippen LogP contribution >= 0.6 is 0 Å². The molecular weight excluding hydrogens is 263 g/mol. The topological polar surface area (TPSA) is 27.7 Å². The monoisotopic (exact) mass is 288 g/mol. The summed E-state index contributed by atoms with van der Waals surface area (Å²) in [7, 11) is -0.352. The van der Waals surface area contributed by atoms with Gasteiger partial charge in [-0.15, -0.1) is 0 Å². The molecule has 0 atom stereocenters. The minimum Gasteiger partial charge on any atom is -0.491 e. The lowest BCUT2D eigenvalue weighted by atomic mass is 9.78. The molecule has 3 nitrogen and oxygen atoms in total. The maximum atomic E-state index is 6.16. The van der Waals surface area contributed by atoms with Crippen LogP contribution in [0.25, 0.3) is 0 Å². The molecule has 1 heterocycles. The fourth-order valence-corrected chi connectivity index (χ4v) is 2.43. The van der Waals surface area contributed by atoms with E-state index < -0.39 is 0 Å². The second kappa shape index (κ2) is 5.03. The van der Waals surface area contributed by atoms with Crippen LogP contribution in [0.5, 0.6) is 5.75 Å². The minimum absolute atomic E-state index is 0.321. The van der Waals surface area contributed by atoms with Gasteiger partial charge in [-0.05, 0) is 58.6 Å². The number of rotatable bonds is 4. The lowest BCUT2D eigenvalue weighted by molar-refractivity contribution is 0.00578. The van der Waals surface area contributed by atoms with E-state index in [9.17, 15) is 0 Å². The van der Waals surface area contributed by atoms with Gasteiger partial charge in [0.05, 0.1) is 17.3 Å². The summed E-state index contributed by atoms with van der Waals surface area (Å²) >= 11 is 0. The zero-order valence-corrected chi connectivity index (χ0v) is 13.7. The van der Waals surface area contributed by atoms with E-state index in [1.165, 1.54) is 5.56 Å². The van der Waals surface area contributed by atoms with Crippen LogP contribution in [0, 0.1) is 0 Å². The molecule has 3 rings (SSSR count). The smallest absolute Gasteiger partial charge is 0.491 e. The molecule has 1 saturated heterocycles. The minimum atomic E-state index is -0.352. The average molecular weight is 288 g/mol. The maximum absolute atomic E-state index is 6.16. The molecular formula is C17H25BO3. The van der Waals surface area contributed by atoms with E-state index in [0.29, 0.717) is 6.10 Å². The Morgan fingerprint density at radius 2 is 1.76 bits per heavy atom. The van der Waals surface area contributed by atoms with E-state index in [1.54, 1.807) is 0 Å². The van der Waals surface area contributed by atoms with Crippen LogP contribution in [-0.2, 0) is 15.7 Å². The summed E-state index contributed by atoms with van der Waals surface area (Å²) < 4.78 is 18.4. The van der Waals surface area contributed by atoms with Crippen LogP contribution in [0.3, 0.4) is 0 Å². The van der Waals surface area contributed by atoms with Crippen molar-refractivity contribution in [1.29, 1.82) is 0 Å². The maximum Gasteiger partial charge on any atom is 0.498 e. The third-order valence-corrected chi connectivity index (χ3v) is 4.81. The number of aryl methyl sites for hydroxylation is 1. The lowest BCUT2D eigenvalue weighted by Gasteiger charge is -2.32. The molecule has 0 radical (unpaired) electrons. The Morgan fingerprint density at radius 3 is 2.29 bits per heavy atom. The summed E-state index contributed by atoms with van der Waals surface area (Å²) in [6, 6.07) is 6.37. The van der Waals surface area contributed by atoms with E-state index in [1.807, 2.05) is 0 Å². The third-order valence-electron chi connectivity index (χ3n) is 4.81. The Labute approximate surface area is 128 Å². The zero-order chi connectivity index (χ0) is 15.3. The highest BCUT2D eigenvalue weighted by atomic mass is 16.7. The average Bonchev–Trinajstić information content (AvgIpc) is 3.17. The summed E-state index contributed by atoms with van der Waals surface area (Å²) in [6.07, 6.45) is 3.68. The van der Waals surface area contributed by atoms with E-state index in [4.69, 9.17) is 14.0 Å². The van der Waals surface area contributed by atoms with E-state index in [0.717, 1.165) is 30.5 Å². The van der Waals surface area contributed by atoms with Crippen molar-refractivity contribution < 1.29 is 14.0 Å². The highest BCUT2D eigenvalue weighted by molar-refractivity contribution is 6.63. The Kier molecular flexibility index (Phi) is 3.57. The molecule has 1 aliphatic carbocycles. The van der Waals surface area contributed by atoms with Gasteiger partial charge in [-0.3, -0.25) is 0 Å². The quantitative estimate of drug-likeness (QED) is 0.797. The van der Waals surface area contributed by atoms with Gasteiger partial charge < -0.3 is 14.0 Å². The summed E-state index contributed by atoms with van der Waals surface area (Å²) in [6.45, 7) is 10.5. The fraction of sp³-hybridized carbons (Fsp3) is 0.647. The molecule has 4 heteroatoms. The Morgan fingerprint density at radius 1 is 1.14 bits per heavy atom. The van der Waals surface area contributed by atoms with Gasteiger partial charge in [0.25, 0.3) is 0 Å². The molecule has 0 spiro atoms. The van der Waals surface area contributed by atoms with E-state index in [-0.39, 0.29) is 18.3 Å². The molecule has 0 aromatic heterocycles. The van der Waals surface area contributed by atoms with Crippen LogP contribution in [0.15, 0.2) is 18.2 Å². The van der Waals surface area contributed by atoms with Crippen molar-refractivity contribution in [3.8, 4) is 5.75 Å². The number of ether oxygens (including phenoxy) is 1. The molecule has 21 heavy (non-hydrogen) atoms. The van der Waals surface area contributed by atoms with Gasteiger partial charge in [-0.2, -0.15) is 0 Å². The van der Waals surface area contributed by atoms with Crippen LogP contribution in [-0.4, -0.2) is 24.4 Å². The Hall–Kier alpha value is -0.995. The summed E-state index contributed by atoms with van der Waals surface area (Å²) in [4.78, 5) is 0. The van der Waals surface area contributed by atoms with Gasteiger partial charge >= 0.3 is 7.12 Å². The van der Waals surface area contributed by atoms with Crippen molar-refractivity contribution in [2.75, 3.05) is 0 Å². The number of hydrogen-bond donors (Lipinski definition) is 0. The van der Waals surface area contributed by atoms with Crippen molar-refractivity contribution >= 4 is 12.6 Å². The van der Waals surface area contributed by atoms with Gasteiger partial charge in [0.15, 0.2) is 0 Å². The Balaban J connectivity index is 1.91. The predicted molar refractivity (Wildman–Crippen MR) is 85.2 cm³/mol. The van der Waals surface area contributed by atoms with Gasteiger partial charge in [0.1, 0.15) is 5.75 Å². The molecule has 2 aliphatic rings. The van der Waals surface area contributed by atoms with E-state index in [2.05, 4.69) is 52.8 Å². The molecule has 1 aromatic carbocycles. The molecule has 114 valence electrons. The van der Waals surface area contributed by atoms with Crippen LogP contribution in [0.4, 0.5) is 0 Å². The predicted octanol–water partition coefficient (Wildman–Crippen LogP) is 3.09. The van der Waals surface area contributed by atoms with Crippen molar-refractivity contribution in [2.24, 2.45) is 0 Å². The van der Waals surface area contributed by atoms with Crippen molar-refractivity contribution in [3.05, 3.63) is 23.8 Å². The summed E-state index contributed by atoms with van der Waals surface area (Å²) in [5, 5.41) is 0. The van der Waals surface area contributed by atoms with Crippen molar-refractivity contribution in [1.82, 2.24) is 0 Å². The van der Waals surface area contributed by atoms with Gasteiger partial charge in [0.2, 0.25) is 0 Å². The first-order valence-electron chi connectivity index (χ1n) is 7.97. The zero-order valence-electron chi connectivity index (χ0n) is 13.7. The first-order valence-corrected chi connectivity index (χ1v) is 7.97. The van der Waals surface area contributed by atoms with Crippen LogP contribution in [0.1, 0.15) is 53.0 Å². The van der Waals surface area contributed by atoms with E-state index >= 15 is 0 Å². The molecule has 0 unspecified atom stereocenters. The molecule has 1 aliphatic heterocycles. The van der Waals surface area contributed by atoms with Crippen molar-refractivity contribution in [3.63, 3.8) is 0 Å². The first-order chi connectivity index (χ1) is 9.82. The molecule has 2 fully saturated rings. The lowest BCUT2D eigenvalue weighted by Crippen LogP contribution is -2.41. The molecule has 0 bridgehead atoms. The number of benzene rings is 1. The third kappa shape index (κ3) is 2.84. The standard InChI is InChI=1S/C17H25BO3/c1-6-12-7-10-14(15(11-12)19-13-8-9-13)18-20-16(2,3)17(4,5)21-18/h7,10-11,13H,6,8-9H2,1-5H3. The second-order valence-corrected chi connectivity index (χ2v) is 7.13. The highest BCUT2D eigenvalue weighted by Crippen LogP contribution is 2.37. The van der Waals surface area contributed by atoms with Crippen molar-refractivity contribution in [2.45, 2.75) is 71.2 Å². The Bertz CT molecular complexity index is 519. The van der Waals surface area contributed by atoms with Crippen LogP contribution in [0.2, 0.25) is 0 Å². The second-order valence-electron chi connectivity index (χ2n) is 7.13. The molecule has 1 saturated carbocycles. The summed E-state index contributed by atoms with van der Waals surface area (Å²) in [5.41, 5.74) is 1.65. The van der Waals surface area contributed by atoms with Gasteiger partial charge in [0, 0.05) is 5.46 Å². The summed E-state index contributed by atoms with van der Waals surface area (Å²) in [5.74, 6) is 0.926.